The van der Waals surface area contributed by atoms with Crippen molar-refractivity contribution in [2.24, 2.45) is 0 Å². The van der Waals surface area contributed by atoms with Crippen molar-refractivity contribution in [1.29, 1.82) is 5.26 Å². The molecule has 1 aromatic carbocycles. The fourth-order valence-electron chi connectivity index (χ4n) is 1.99. The van der Waals surface area contributed by atoms with Gasteiger partial charge in [0, 0.05) is 11.9 Å². The van der Waals surface area contributed by atoms with Crippen LogP contribution in [0.1, 0.15) is 22.4 Å². The number of aromatic nitrogens is 1. The van der Waals surface area contributed by atoms with Crippen LogP contribution in [0, 0.1) is 25.2 Å². The summed E-state index contributed by atoms with van der Waals surface area (Å²) in [5.74, 6) is 0.838. The molecule has 0 fully saturated rings. The van der Waals surface area contributed by atoms with Crippen molar-refractivity contribution in [2.75, 3.05) is 5.73 Å². The van der Waals surface area contributed by atoms with Crippen LogP contribution in [-0.4, -0.2) is 4.98 Å². The lowest BCUT2D eigenvalue weighted by Crippen LogP contribution is -2.01. The Kier molecular flexibility index (Phi) is 3.67. The van der Waals surface area contributed by atoms with Crippen molar-refractivity contribution in [3.8, 4) is 11.8 Å². The molecule has 0 radical (unpaired) electrons. The molecule has 96 valence electrons. The molecule has 0 aliphatic carbocycles. The summed E-state index contributed by atoms with van der Waals surface area (Å²) in [5, 5.41) is 8.80. The molecule has 4 heteroatoms. The van der Waals surface area contributed by atoms with Gasteiger partial charge in [-0.2, -0.15) is 5.26 Å². The minimum absolute atomic E-state index is 0.395. The molecule has 4 nitrogen and oxygen atoms in total. The highest BCUT2D eigenvalue weighted by Crippen LogP contribution is 2.26. The van der Waals surface area contributed by atoms with E-state index in [0.717, 1.165) is 28.1 Å². The summed E-state index contributed by atoms with van der Waals surface area (Å²) in [5.41, 5.74) is 9.83. The Hall–Kier alpha value is -2.54. The number of nitrogen functional groups attached to an aromatic ring is 1. The van der Waals surface area contributed by atoms with E-state index in [0.29, 0.717) is 12.3 Å². The number of nitrogens with zero attached hydrogens (tertiary/aromatic N) is 2. The molecule has 0 saturated carbocycles. The quantitative estimate of drug-likeness (QED) is 0.854. The number of hydrogen-bond acceptors (Lipinski definition) is 4. The molecule has 1 heterocycles. The molecule has 19 heavy (non-hydrogen) atoms. The number of nitrogens with two attached hydrogens (primary N) is 1. The zero-order valence-electron chi connectivity index (χ0n) is 11.0. The molecule has 0 atom stereocenters. The number of aryl methyl sites for hydroxylation is 2. The van der Waals surface area contributed by atoms with E-state index in [9.17, 15) is 0 Å². The standard InChI is InChI=1S/C15H15N3O/c1-10-5-13(17)6-11(2)15(10)19-9-12-3-4-18-14(7-12)8-16/h3-7H,9,17H2,1-2H3. The van der Waals surface area contributed by atoms with Crippen molar-refractivity contribution in [2.45, 2.75) is 20.5 Å². The number of pyridine rings is 1. The fraction of sp³-hybridized carbons (Fsp3) is 0.200. The van der Waals surface area contributed by atoms with Crippen LogP contribution in [0.2, 0.25) is 0 Å². The van der Waals surface area contributed by atoms with E-state index in [4.69, 9.17) is 15.7 Å². The molecule has 2 N–H and O–H groups in total. The van der Waals surface area contributed by atoms with E-state index in [1.54, 1.807) is 12.3 Å². The van der Waals surface area contributed by atoms with Gasteiger partial charge in [-0.05, 0) is 54.8 Å². The Balaban J connectivity index is 2.17. The predicted molar refractivity (Wildman–Crippen MR) is 73.6 cm³/mol. The van der Waals surface area contributed by atoms with Crippen molar-refractivity contribution in [3.05, 3.63) is 52.8 Å². The minimum Gasteiger partial charge on any atom is -0.488 e. The van der Waals surface area contributed by atoms with Crippen LogP contribution in [-0.2, 0) is 6.61 Å². The lowest BCUT2D eigenvalue weighted by Gasteiger charge is -2.13. The Morgan fingerprint density at radius 3 is 2.58 bits per heavy atom. The van der Waals surface area contributed by atoms with Gasteiger partial charge in [-0.25, -0.2) is 4.98 Å². The van der Waals surface area contributed by atoms with E-state index in [-0.39, 0.29) is 0 Å². The van der Waals surface area contributed by atoms with Gasteiger partial charge >= 0.3 is 0 Å². The van der Waals surface area contributed by atoms with Crippen LogP contribution >= 0.6 is 0 Å². The Labute approximate surface area is 112 Å². The molecular weight excluding hydrogens is 238 g/mol. The van der Waals surface area contributed by atoms with Crippen LogP contribution in [0.3, 0.4) is 0 Å². The SMILES string of the molecule is Cc1cc(N)cc(C)c1OCc1ccnc(C#N)c1. The zero-order valence-corrected chi connectivity index (χ0v) is 11.0. The number of benzene rings is 1. The van der Waals surface area contributed by atoms with Gasteiger partial charge in [-0.15, -0.1) is 0 Å². The highest BCUT2D eigenvalue weighted by molar-refractivity contribution is 5.52. The van der Waals surface area contributed by atoms with Crippen molar-refractivity contribution in [1.82, 2.24) is 4.98 Å². The van der Waals surface area contributed by atoms with Crippen molar-refractivity contribution >= 4 is 5.69 Å². The normalized spacial score (nSPS) is 9.95. The molecule has 0 unspecified atom stereocenters. The second-order valence-electron chi connectivity index (χ2n) is 4.43. The third-order valence-corrected chi connectivity index (χ3v) is 2.80. The van der Waals surface area contributed by atoms with Gasteiger partial charge in [0.05, 0.1) is 0 Å². The van der Waals surface area contributed by atoms with Crippen LogP contribution in [0.15, 0.2) is 30.5 Å². The molecule has 1 aromatic heterocycles. The van der Waals surface area contributed by atoms with E-state index < -0.39 is 0 Å². The van der Waals surface area contributed by atoms with Crippen LogP contribution in [0.25, 0.3) is 0 Å². The average Bonchev–Trinajstić information content (AvgIpc) is 2.37. The van der Waals surface area contributed by atoms with Crippen LogP contribution < -0.4 is 10.5 Å². The number of hydrogen-bond donors (Lipinski definition) is 1. The molecule has 2 aromatic rings. The van der Waals surface area contributed by atoms with E-state index in [1.165, 1.54) is 0 Å². The van der Waals surface area contributed by atoms with Crippen LogP contribution in [0.4, 0.5) is 5.69 Å². The number of anilines is 1. The summed E-state index contributed by atoms with van der Waals surface area (Å²) in [7, 11) is 0. The predicted octanol–water partition coefficient (Wildman–Crippen LogP) is 2.73. The summed E-state index contributed by atoms with van der Waals surface area (Å²) in [6, 6.07) is 9.34. The summed E-state index contributed by atoms with van der Waals surface area (Å²) >= 11 is 0. The molecule has 2 rings (SSSR count). The molecule has 0 aliphatic rings. The maximum absolute atomic E-state index is 8.80. The first-order valence-corrected chi connectivity index (χ1v) is 5.94. The molecule has 0 bridgehead atoms. The van der Waals surface area contributed by atoms with Gasteiger partial charge in [-0.1, -0.05) is 0 Å². The van der Waals surface area contributed by atoms with Gasteiger partial charge in [0.2, 0.25) is 0 Å². The molecule has 0 spiro atoms. The fourth-order valence-corrected chi connectivity index (χ4v) is 1.99. The topological polar surface area (TPSA) is 71.9 Å². The third kappa shape index (κ3) is 3.02. The van der Waals surface area contributed by atoms with Gasteiger partial charge in [0.1, 0.15) is 24.1 Å². The van der Waals surface area contributed by atoms with Gasteiger partial charge in [0.25, 0.3) is 0 Å². The zero-order chi connectivity index (χ0) is 13.8. The largest absolute Gasteiger partial charge is 0.488 e. The Morgan fingerprint density at radius 1 is 1.26 bits per heavy atom. The lowest BCUT2D eigenvalue weighted by atomic mass is 10.1. The first kappa shape index (κ1) is 12.9. The van der Waals surface area contributed by atoms with Gasteiger partial charge in [-0.3, -0.25) is 0 Å². The van der Waals surface area contributed by atoms with Crippen molar-refractivity contribution < 1.29 is 4.74 Å². The molecule has 0 saturated heterocycles. The third-order valence-electron chi connectivity index (χ3n) is 2.80. The maximum Gasteiger partial charge on any atom is 0.140 e. The number of rotatable bonds is 3. The van der Waals surface area contributed by atoms with E-state index >= 15 is 0 Å². The summed E-state index contributed by atoms with van der Waals surface area (Å²) in [6.45, 7) is 4.33. The first-order valence-electron chi connectivity index (χ1n) is 5.94. The van der Waals surface area contributed by atoms with Crippen molar-refractivity contribution in [3.63, 3.8) is 0 Å². The summed E-state index contributed by atoms with van der Waals surface area (Å²) in [6.07, 6.45) is 1.61. The lowest BCUT2D eigenvalue weighted by molar-refractivity contribution is 0.302. The monoisotopic (exact) mass is 253 g/mol. The number of ether oxygens (including phenoxy) is 1. The van der Waals surface area contributed by atoms with Gasteiger partial charge in [0.15, 0.2) is 0 Å². The molecule has 0 aliphatic heterocycles. The van der Waals surface area contributed by atoms with E-state index in [2.05, 4.69) is 4.98 Å². The van der Waals surface area contributed by atoms with Crippen LogP contribution in [0.5, 0.6) is 5.75 Å². The van der Waals surface area contributed by atoms with Gasteiger partial charge < -0.3 is 10.5 Å². The Morgan fingerprint density at radius 2 is 1.95 bits per heavy atom. The highest BCUT2D eigenvalue weighted by Gasteiger charge is 2.06. The average molecular weight is 253 g/mol. The maximum atomic E-state index is 8.80. The molecular formula is C15H15N3O. The second kappa shape index (κ2) is 5.40. The highest BCUT2D eigenvalue weighted by atomic mass is 16.5. The smallest absolute Gasteiger partial charge is 0.140 e. The summed E-state index contributed by atoms with van der Waals surface area (Å²) < 4.78 is 5.82. The Bertz CT molecular complexity index is 621. The number of nitriles is 1. The molecule has 0 amide bonds. The minimum atomic E-state index is 0.395. The summed E-state index contributed by atoms with van der Waals surface area (Å²) in [4.78, 5) is 3.93. The first-order chi connectivity index (χ1) is 9.10. The van der Waals surface area contributed by atoms with E-state index in [1.807, 2.05) is 38.1 Å². The second-order valence-corrected chi connectivity index (χ2v) is 4.43.